The minimum atomic E-state index is -0.238. The molecule has 1 aromatic heterocycles. The zero-order chi connectivity index (χ0) is 19.1. The Morgan fingerprint density at radius 3 is 2.88 bits per heavy atom. The number of fused-ring (bicyclic) bond motifs is 1. The number of nitrogens with one attached hydrogen (secondary N) is 1. The summed E-state index contributed by atoms with van der Waals surface area (Å²) in [4.78, 5) is 28.3. The van der Waals surface area contributed by atoms with Crippen LogP contribution in [0.4, 0.5) is 5.00 Å². The summed E-state index contributed by atoms with van der Waals surface area (Å²) in [5.74, 6) is -0.0886. The zero-order valence-corrected chi connectivity index (χ0v) is 16.0. The third-order valence-corrected chi connectivity index (χ3v) is 5.46. The molecule has 0 radical (unpaired) electrons. The van der Waals surface area contributed by atoms with E-state index in [0.717, 1.165) is 29.8 Å². The van der Waals surface area contributed by atoms with Gasteiger partial charge in [-0.1, -0.05) is 13.2 Å². The van der Waals surface area contributed by atoms with Crippen LogP contribution in [0.15, 0.2) is 42.1 Å². The van der Waals surface area contributed by atoms with Gasteiger partial charge < -0.3 is 10.1 Å². The predicted octanol–water partition coefficient (Wildman–Crippen LogP) is 3.99. The van der Waals surface area contributed by atoms with Crippen molar-refractivity contribution >= 4 is 34.4 Å². The first kappa shape index (κ1) is 19.8. The van der Waals surface area contributed by atoms with Crippen molar-refractivity contribution in [2.75, 3.05) is 11.9 Å². The van der Waals surface area contributed by atoms with Gasteiger partial charge in [-0.25, -0.2) is 0 Å². The third kappa shape index (κ3) is 5.52. The predicted molar refractivity (Wildman–Crippen MR) is 107 cm³/mol. The second-order valence-electron chi connectivity index (χ2n) is 6.23. The van der Waals surface area contributed by atoms with Crippen LogP contribution in [-0.4, -0.2) is 24.7 Å². The summed E-state index contributed by atoms with van der Waals surface area (Å²) in [5, 5.41) is 3.82. The van der Waals surface area contributed by atoms with Gasteiger partial charge in [0, 0.05) is 30.3 Å². The molecule has 0 spiro atoms. The largest absolute Gasteiger partial charge is 0.466 e. The van der Waals surface area contributed by atoms with E-state index >= 15 is 0 Å². The Kier molecular flexibility index (Phi) is 7.09. The molecule has 0 aliphatic heterocycles. The van der Waals surface area contributed by atoms with E-state index in [4.69, 9.17) is 4.74 Å². The number of thiophene rings is 1. The van der Waals surface area contributed by atoms with E-state index in [-0.39, 0.29) is 11.9 Å². The van der Waals surface area contributed by atoms with Gasteiger partial charge in [0.15, 0.2) is 0 Å². The molecule has 0 aromatic carbocycles. The number of carbonyl (C=O) groups excluding carboxylic acids is 2. The molecule has 1 unspecified atom stereocenters. The van der Waals surface area contributed by atoms with Crippen LogP contribution in [0.3, 0.4) is 0 Å². The van der Waals surface area contributed by atoms with Gasteiger partial charge in [-0.2, -0.15) is 0 Å². The first-order valence-corrected chi connectivity index (χ1v) is 9.29. The van der Waals surface area contributed by atoms with Crippen molar-refractivity contribution in [3.8, 4) is 0 Å². The maximum absolute atomic E-state index is 12.1. The Balaban J connectivity index is 2.00. The Morgan fingerprint density at radius 1 is 1.42 bits per heavy atom. The molecule has 0 bridgehead atoms. The summed E-state index contributed by atoms with van der Waals surface area (Å²) in [6, 6.07) is 0. The SMILES string of the molecule is C=CN=CC(=C)/C=C/C(=O)Nc1sc2c(c1C)CCC(COC(C)=O)C2. The average Bonchev–Trinajstić information content (AvgIpc) is 2.91. The van der Waals surface area contributed by atoms with Gasteiger partial charge in [0.1, 0.15) is 0 Å². The summed E-state index contributed by atoms with van der Waals surface area (Å²) in [6.07, 6.45) is 8.83. The number of ether oxygens (including phenoxy) is 1. The molecule has 1 N–H and O–H groups in total. The normalized spacial score (nSPS) is 16.5. The van der Waals surface area contributed by atoms with E-state index < -0.39 is 0 Å². The van der Waals surface area contributed by atoms with Gasteiger partial charge in [-0.3, -0.25) is 14.6 Å². The zero-order valence-electron chi connectivity index (χ0n) is 15.2. The number of anilines is 1. The maximum atomic E-state index is 12.1. The van der Waals surface area contributed by atoms with Crippen molar-refractivity contribution in [3.63, 3.8) is 0 Å². The molecular formula is C20H24N2O3S. The van der Waals surface area contributed by atoms with E-state index in [1.54, 1.807) is 17.4 Å². The molecule has 0 saturated carbocycles. The van der Waals surface area contributed by atoms with Crippen molar-refractivity contribution in [1.29, 1.82) is 0 Å². The first-order valence-electron chi connectivity index (χ1n) is 8.47. The molecule has 6 heteroatoms. The highest BCUT2D eigenvalue weighted by Crippen LogP contribution is 2.39. The second kappa shape index (κ2) is 9.29. The van der Waals surface area contributed by atoms with Crippen LogP contribution < -0.4 is 5.32 Å². The summed E-state index contributed by atoms with van der Waals surface area (Å²) in [5.41, 5.74) is 3.07. The van der Waals surface area contributed by atoms with Gasteiger partial charge in [0.2, 0.25) is 5.91 Å². The highest BCUT2D eigenvalue weighted by molar-refractivity contribution is 7.16. The fourth-order valence-corrected chi connectivity index (χ4v) is 4.21. The van der Waals surface area contributed by atoms with E-state index in [1.807, 2.05) is 6.92 Å². The lowest BCUT2D eigenvalue weighted by Crippen LogP contribution is -2.19. The van der Waals surface area contributed by atoms with E-state index in [0.29, 0.717) is 18.1 Å². The summed E-state index contributed by atoms with van der Waals surface area (Å²) >= 11 is 1.61. The Hall–Kier alpha value is -2.47. The van der Waals surface area contributed by atoms with Gasteiger partial charge in [-0.15, -0.1) is 11.3 Å². The molecule has 1 aromatic rings. The first-order chi connectivity index (χ1) is 12.4. The topological polar surface area (TPSA) is 67.8 Å². The van der Waals surface area contributed by atoms with Crippen LogP contribution in [0.1, 0.15) is 29.3 Å². The molecule has 0 fully saturated rings. The number of esters is 1. The van der Waals surface area contributed by atoms with Crippen molar-refractivity contribution in [1.82, 2.24) is 0 Å². The number of allylic oxidation sites excluding steroid dienone is 2. The summed E-state index contributed by atoms with van der Waals surface area (Å²) < 4.78 is 5.14. The molecule has 2 rings (SSSR count). The molecule has 1 heterocycles. The van der Waals surface area contributed by atoms with Gasteiger partial charge in [-0.05, 0) is 54.9 Å². The number of rotatable bonds is 7. The van der Waals surface area contributed by atoms with E-state index in [1.165, 1.54) is 35.9 Å². The van der Waals surface area contributed by atoms with Gasteiger partial charge >= 0.3 is 5.97 Å². The highest BCUT2D eigenvalue weighted by atomic mass is 32.1. The Morgan fingerprint density at radius 2 is 2.19 bits per heavy atom. The minimum Gasteiger partial charge on any atom is -0.466 e. The van der Waals surface area contributed by atoms with Gasteiger partial charge in [0.25, 0.3) is 0 Å². The lowest BCUT2D eigenvalue weighted by atomic mass is 9.88. The van der Waals surface area contributed by atoms with E-state index in [9.17, 15) is 9.59 Å². The maximum Gasteiger partial charge on any atom is 0.302 e. The smallest absolute Gasteiger partial charge is 0.302 e. The lowest BCUT2D eigenvalue weighted by Gasteiger charge is -2.21. The Bertz CT molecular complexity index is 774. The second-order valence-corrected chi connectivity index (χ2v) is 7.33. The fourth-order valence-electron chi connectivity index (χ4n) is 2.84. The monoisotopic (exact) mass is 372 g/mol. The molecule has 1 atom stereocenters. The molecule has 0 saturated heterocycles. The summed E-state index contributed by atoms with van der Waals surface area (Å²) in [6.45, 7) is 11.2. The molecule has 1 amide bonds. The number of hydrogen-bond donors (Lipinski definition) is 1. The van der Waals surface area contributed by atoms with Crippen LogP contribution in [0.25, 0.3) is 0 Å². The highest BCUT2D eigenvalue weighted by Gasteiger charge is 2.25. The standard InChI is InChI=1S/C20H24N2O3S/c1-5-21-11-13(2)6-9-19(24)22-20-14(3)17-8-7-16(10-18(17)26-20)12-25-15(4)23/h5-6,9,11,16H,1-2,7-8,10,12H2,3-4H3,(H,22,24)/b9-6+,21-11?. The molecule has 26 heavy (non-hydrogen) atoms. The van der Waals surface area contributed by atoms with E-state index in [2.05, 4.69) is 23.5 Å². The van der Waals surface area contributed by atoms with Gasteiger partial charge in [0.05, 0.1) is 11.6 Å². The van der Waals surface area contributed by atoms with Crippen molar-refractivity contribution in [2.45, 2.75) is 33.1 Å². The molecular weight excluding hydrogens is 348 g/mol. The third-order valence-electron chi connectivity index (χ3n) is 4.19. The fraction of sp³-hybridized carbons (Fsp3) is 0.350. The number of hydrogen-bond acceptors (Lipinski definition) is 5. The number of aliphatic imine (C=N–C) groups is 1. The number of nitrogens with zero attached hydrogens (tertiary/aromatic N) is 1. The quantitative estimate of drug-likeness (QED) is 0.341. The molecule has 5 nitrogen and oxygen atoms in total. The number of carbonyl (C=O) groups is 2. The molecule has 1 aliphatic carbocycles. The van der Waals surface area contributed by atoms with Crippen molar-refractivity contribution < 1.29 is 14.3 Å². The van der Waals surface area contributed by atoms with Crippen LogP contribution in [0, 0.1) is 12.8 Å². The molecule has 1 aliphatic rings. The van der Waals surface area contributed by atoms with Crippen molar-refractivity contribution in [3.05, 3.63) is 53.1 Å². The lowest BCUT2D eigenvalue weighted by molar-refractivity contribution is -0.142. The molecule has 138 valence electrons. The average molecular weight is 372 g/mol. The van der Waals surface area contributed by atoms with Crippen LogP contribution >= 0.6 is 11.3 Å². The Labute approximate surface area is 158 Å². The van der Waals surface area contributed by atoms with Crippen LogP contribution in [0.2, 0.25) is 0 Å². The summed E-state index contributed by atoms with van der Waals surface area (Å²) in [7, 11) is 0. The minimum absolute atomic E-state index is 0.198. The van der Waals surface area contributed by atoms with Crippen LogP contribution in [-0.2, 0) is 27.2 Å². The number of amides is 1. The van der Waals surface area contributed by atoms with Crippen molar-refractivity contribution in [2.24, 2.45) is 10.9 Å². The van der Waals surface area contributed by atoms with Crippen LogP contribution in [0.5, 0.6) is 0 Å².